The van der Waals surface area contributed by atoms with Crippen LogP contribution in [0.15, 0.2) is 36.8 Å². The molecule has 0 amide bonds. The SMILES string of the molecule is NCCc1cn(C(=O)c2cccc(F)c2)cn1. The Bertz CT molecular complexity index is 536. The van der Waals surface area contributed by atoms with Crippen molar-refractivity contribution < 1.29 is 9.18 Å². The summed E-state index contributed by atoms with van der Waals surface area (Å²) >= 11 is 0. The molecule has 5 heteroatoms. The maximum Gasteiger partial charge on any atom is 0.263 e. The van der Waals surface area contributed by atoms with Gasteiger partial charge in [-0.3, -0.25) is 9.36 Å². The van der Waals surface area contributed by atoms with Crippen molar-refractivity contribution in [2.75, 3.05) is 6.54 Å². The topological polar surface area (TPSA) is 60.9 Å². The van der Waals surface area contributed by atoms with Gasteiger partial charge in [-0.15, -0.1) is 0 Å². The maximum atomic E-state index is 13.0. The van der Waals surface area contributed by atoms with Gasteiger partial charge in [0.15, 0.2) is 0 Å². The van der Waals surface area contributed by atoms with Crippen molar-refractivity contribution in [1.82, 2.24) is 9.55 Å². The Kier molecular flexibility index (Phi) is 3.30. The van der Waals surface area contributed by atoms with Crippen LogP contribution in [-0.4, -0.2) is 22.0 Å². The molecule has 0 saturated carbocycles. The average Bonchev–Trinajstić information content (AvgIpc) is 2.77. The molecule has 0 bridgehead atoms. The summed E-state index contributed by atoms with van der Waals surface area (Å²) in [5.74, 6) is -0.738. The predicted molar refractivity (Wildman–Crippen MR) is 61.1 cm³/mol. The molecule has 2 N–H and O–H groups in total. The van der Waals surface area contributed by atoms with Gasteiger partial charge < -0.3 is 5.73 Å². The standard InChI is InChI=1S/C12H12FN3O/c13-10-3-1-2-9(6-10)12(17)16-7-11(4-5-14)15-8-16/h1-3,6-8H,4-5,14H2. The molecule has 4 nitrogen and oxygen atoms in total. The molecule has 2 aromatic rings. The van der Waals surface area contributed by atoms with Gasteiger partial charge in [0.1, 0.15) is 12.1 Å². The summed E-state index contributed by atoms with van der Waals surface area (Å²) in [6.45, 7) is 0.477. The zero-order valence-electron chi connectivity index (χ0n) is 9.14. The van der Waals surface area contributed by atoms with Crippen LogP contribution in [0.3, 0.4) is 0 Å². The number of hydrogen-bond donors (Lipinski definition) is 1. The molecule has 0 unspecified atom stereocenters. The fourth-order valence-corrected chi connectivity index (χ4v) is 1.52. The zero-order valence-corrected chi connectivity index (χ0v) is 9.14. The van der Waals surface area contributed by atoms with Crippen LogP contribution >= 0.6 is 0 Å². The molecule has 88 valence electrons. The van der Waals surface area contributed by atoms with E-state index in [2.05, 4.69) is 4.98 Å². The number of carbonyl (C=O) groups is 1. The molecule has 0 atom stereocenters. The lowest BCUT2D eigenvalue weighted by Gasteiger charge is -2.00. The number of benzene rings is 1. The minimum atomic E-state index is -0.432. The van der Waals surface area contributed by atoms with Gasteiger partial charge in [-0.2, -0.15) is 0 Å². The predicted octanol–water partition coefficient (Wildman–Crippen LogP) is 1.21. The minimum absolute atomic E-state index is 0.293. The number of hydrogen-bond acceptors (Lipinski definition) is 3. The van der Waals surface area contributed by atoms with E-state index in [9.17, 15) is 9.18 Å². The van der Waals surface area contributed by atoms with Crippen LogP contribution in [-0.2, 0) is 6.42 Å². The molecule has 0 fully saturated rings. The monoisotopic (exact) mass is 233 g/mol. The van der Waals surface area contributed by atoms with E-state index in [0.717, 1.165) is 5.69 Å². The fourth-order valence-electron chi connectivity index (χ4n) is 1.52. The summed E-state index contributed by atoms with van der Waals surface area (Å²) < 4.78 is 14.3. The van der Waals surface area contributed by atoms with Crippen LogP contribution in [0, 0.1) is 5.82 Å². The van der Waals surface area contributed by atoms with Gasteiger partial charge in [-0.25, -0.2) is 9.37 Å². The van der Waals surface area contributed by atoms with Crippen LogP contribution < -0.4 is 5.73 Å². The largest absolute Gasteiger partial charge is 0.330 e. The van der Waals surface area contributed by atoms with E-state index in [4.69, 9.17) is 5.73 Å². The lowest BCUT2D eigenvalue weighted by Crippen LogP contribution is -2.10. The van der Waals surface area contributed by atoms with Gasteiger partial charge in [-0.05, 0) is 24.7 Å². The Morgan fingerprint density at radius 2 is 2.29 bits per heavy atom. The number of carbonyl (C=O) groups excluding carboxylic acids is 1. The third-order valence-corrected chi connectivity index (χ3v) is 2.34. The summed E-state index contributed by atoms with van der Waals surface area (Å²) in [7, 11) is 0. The Morgan fingerprint density at radius 3 is 3.00 bits per heavy atom. The molecule has 0 aliphatic heterocycles. The molecular weight excluding hydrogens is 221 g/mol. The summed E-state index contributed by atoms with van der Waals surface area (Å²) in [5.41, 5.74) is 6.43. The van der Waals surface area contributed by atoms with Crippen molar-refractivity contribution in [3.63, 3.8) is 0 Å². The minimum Gasteiger partial charge on any atom is -0.330 e. The molecule has 0 saturated heterocycles. The normalized spacial score (nSPS) is 10.5. The molecule has 0 spiro atoms. The van der Waals surface area contributed by atoms with Crippen molar-refractivity contribution in [3.8, 4) is 0 Å². The molecule has 0 aliphatic carbocycles. The Hall–Kier alpha value is -2.01. The Labute approximate surface area is 97.9 Å². The van der Waals surface area contributed by atoms with Crippen molar-refractivity contribution in [2.45, 2.75) is 6.42 Å². The van der Waals surface area contributed by atoms with Crippen LogP contribution in [0.5, 0.6) is 0 Å². The van der Waals surface area contributed by atoms with Crippen molar-refractivity contribution in [2.24, 2.45) is 5.73 Å². The second-order valence-corrected chi connectivity index (χ2v) is 3.63. The Morgan fingerprint density at radius 1 is 1.47 bits per heavy atom. The number of nitrogens with two attached hydrogens (primary N) is 1. The lowest BCUT2D eigenvalue weighted by molar-refractivity contribution is 0.0959. The third-order valence-electron chi connectivity index (χ3n) is 2.34. The van der Waals surface area contributed by atoms with Gasteiger partial charge in [0.25, 0.3) is 5.91 Å². The number of aromatic nitrogens is 2. The van der Waals surface area contributed by atoms with Gasteiger partial charge in [0.2, 0.25) is 0 Å². The number of nitrogens with zero attached hydrogens (tertiary/aromatic N) is 2. The molecular formula is C12H12FN3O. The summed E-state index contributed by atoms with van der Waals surface area (Å²) in [6, 6.07) is 5.56. The van der Waals surface area contributed by atoms with Crippen molar-refractivity contribution in [3.05, 3.63) is 53.9 Å². The molecule has 0 aliphatic rings. The third kappa shape index (κ3) is 2.57. The smallest absolute Gasteiger partial charge is 0.263 e. The second kappa shape index (κ2) is 4.88. The highest BCUT2D eigenvalue weighted by Gasteiger charge is 2.09. The highest BCUT2D eigenvalue weighted by atomic mass is 19.1. The summed E-state index contributed by atoms with van der Waals surface area (Å²) in [6.07, 6.45) is 3.64. The number of rotatable bonds is 3. The van der Waals surface area contributed by atoms with Crippen molar-refractivity contribution >= 4 is 5.91 Å². The molecule has 2 rings (SSSR count). The van der Waals surface area contributed by atoms with Crippen LogP contribution in [0.2, 0.25) is 0 Å². The number of imidazole rings is 1. The first-order chi connectivity index (χ1) is 8.20. The Balaban J connectivity index is 2.24. The van der Waals surface area contributed by atoms with E-state index in [1.807, 2.05) is 0 Å². The van der Waals surface area contributed by atoms with E-state index in [-0.39, 0.29) is 5.91 Å². The van der Waals surface area contributed by atoms with Gasteiger partial charge in [0.05, 0.1) is 5.69 Å². The highest BCUT2D eigenvalue weighted by molar-refractivity contribution is 5.95. The van der Waals surface area contributed by atoms with E-state index >= 15 is 0 Å². The lowest BCUT2D eigenvalue weighted by atomic mass is 10.2. The van der Waals surface area contributed by atoms with Gasteiger partial charge in [-0.1, -0.05) is 6.07 Å². The molecule has 1 heterocycles. The fraction of sp³-hybridized carbons (Fsp3) is 0.167. The zero-order chi connectivity index (χ0) is 12.3. The first-order valence-corrected chi connectivity index (χ1v) is 5.24. The van der Waals surface area contributed by atoms with E-state index in [0.29, 0.717) is 18.5 Å². The first kappa shape index (κ1) is 11.5. The van der Waals surface area contributed by atoms with Crippen LogP contribution in [0.4, 0.5) is 4.39 Å². The van der Waals surface area contributed by atoms with E-state index in [1.165, 1.54) is 29.1 Å². The molecule has 1 aromatic carbocycles. The first-order valence-electron chi connectivity index (χ1n) is 5.24. The van der Waals surface area contributed by atoms with Crippen LogP contribution in [0.25, 0.3) is 0 Å². The van der Waals surface area contributed by atoms with E-state index < -0.39 is 5.82 Å². The van der Waals surface area contributed by atoms with Gasteiger partial charge in [0, 0.05) is 18.2 Å². The summed E-state index contributed by atoms with van der Waals surface area (Å²) in [5, 5.41) is 0. The molecule has 1 aromatic heterocycles. The average molecular weight is 233 g/mol. The maximum absolute atomic E-state index is 13.0. The van der Waals surface area contributed by atoms with Gasteiger partial charge >= 0.3 is 0 Å². The molecule has 0 radical (unpaired) electrons. The van der Waals surface area contributed by atoms with E-state index in [1.54, 1.807) is 12.3 Å². The van der Waals surface area contributed by atoms with Crippen molar-refractivity contribution in [1.29, 1.82) is 0 Å². The number of halogens is 1. The molecule has 17 heavy (non-hydrogen) atoms. The summed E-state index contributed by atoms with van der Waals surface area (Å²) in [4.78, 5) is 16.0. The quantitative estimate of drug-likeness (QED) is 0.866. The van der Waals surface area contributed by atoms with Crippen LogP contribution in [0.1, 0.15) is 16.1 Å². The highest BCUT2D eigenvalue weighted by Crippen LogP contribution is 2.07. The second-order valence-electron chi connectivity index (χ2n) is 3.63.